The van der Waals surface area contributed by atoms with E-state index in [4.69, 9.17) is 5.73 Å². The summed E-state index contributed by atoms with van der Waals surface area (Å²) in [4.78, 5) is 0. The van der Waals surface area contributed by atoms with Crippen LogP contribution in [-0.2, 0) is 13.0 Å². The summed E-state index contributed by atoms with van der Waals surface area (Å²) >= 11 is 0. The summed E-state index contributed by atoms with van der Waals surface area (Å²) in [6.45, 7) is 5.98. The first-order chi connectivity index (χ1) is 9.52. The zero-order valence-electron chi connectivity index (χ0n) is 12.9. The van der Waals surface area contributed by atoms with E-state index >= 15 is 0 Å². The van der Waals surface area contributed by atoms with Crippen molar-refractivity contribution < 1.29 is 0 Å². The van der Waals surface area contributed by atoms with Gasteiger partial charge in [0.15, 0.2) is 0 Å². The number of nitrogens with zero attached hydrogens (tertiary/aromatic N) is 1. The van der Waals surface area contributed by atoms with Gasteiger partial charge in [0.05, 0.1) is 0 Å². The van der Waals surface area contributed by atoms with Crippen molar-refractivity contribution in [3.8, 4) is 0 Å². The molecule has 2 saturated carbocycles. The van der Waals surface area contributed by atoms with Gasteiger partial charge in [-0.05, 0) is 66.9 Å². The van der Waals surface area contributed by atoms with Crippen LogP contribution in [0.3, 0.4) is 0 Å². The Morgan fingerprint density at radius 1 is 1.30 bits per heavy atom. The lowest BCUT2D eigenvalue weighted by atomic mass is 9.74. The molecule has 4 atom stereocenters. The Labute approximate surface area is 122 Å². The largest absolute Gasteiger partial charge is 0.351 e. The second-order valence-corrected chi connectivity index (χ2v) is 8.46. The molecular weight excluding hydrogens is 244 g/mol. The molecule has 2 heteroatoms. The molecule has 0 spiro atoms. The molecule has 2 nitrogen and oxygen atoms in total. The molecule has 0 saturated heterocycles. The zero-order chi connectivity index (χ0) is 13.9. The van der Waals surface area contributed by atoms with Gasteiger partial charge >= 0.3 is 0 Å². The van der Waals surface area contributed by atoms with Crippen LogP contribution in [0.2, 0.25) is 0 Å². The predicted octanol–water partition coefficient (Wildman–Crippen LogP) is 3.90. The Bertz CT molecular complexity index is 513. The van der Waals surface area contributed by atoms with Gasteiger partial charge in [-0.15, -0.1) is 0 Å². The van der Waals surface area contributed by atoms with Crippen LogP contribution in [0.5, 0.6) is 0 Å². The molecule has 3 aliphatic carbocycles. The number of fused-ring (bicyclic) bond motifs is 3. The average molecular weight is 272 g/mol. The maximum Gasteiger partial charge on any atom is 0.0318 e. The molecule has 0 aliphatic heterocycles. The summed E-state index contributed by atoms with van der Waals surface area (Å²) in [7, 11) is 0. The minimum absolute atomic E-state index is 0.245. The summed E-state index contributed by atoms with van der Waals surface area (Å²) in [5.74, 6) is 3.00. The topological polar surface area (TPSA) is 30.9 Å². The molecule has 2 N–H and O–H groups in total. The second kappa shape index (κ2) is 4.37. The lowest BCUT2D eigenvalue weighted by Crippen LogP contribution is -2.31. The standard InChI is InChI=1S/C18H28N2/c1-18(2)9-16(19)15-5-6-20(17(15)10-18)11-14-8-12-3-4-13(14)7-12/h5-6,12-14,16H,3-4,7-11,19H2,1-2H3. The van der Waals surface area contributed by atoms with E-state index in [2.05, 4.69) is 30.7 Å². The van der Waals surface area contributed by atoms with Gasteiger partial charge in [-0.1, -0.05) is 20.3 Å². The molecule has 0 amide bonds. The highest BCUT2D eigenvalue weighted by Crippen LogP contribution is 2.49. The van der Waals surface area contributed by atoms with Gasteiger partial charge in [-0.3, -0.25) is 0 Å². The van der Waals surface area contributed by atoms with Crippen LogP contribution in [0.15, 0.2) is 12.3 Å². The molecule has 4 unspecified atom stereocenters. The molecule has 1 heterocycles. The van der Waals surface area contributed by atoms with Crippen LogP contribution in [0.25, 0.3) is 0 Å². The number of hydrogen-bond donors (Lipinski definition) is 1. The van der Waals surface area contributed by atoms with E-state index in [1.54, 1.807) is 0 Å². The first-order valence-corrected chi connectivity index (χ1v) is 8.45. The number of aromatic nitrogens is 1. The highest BCUT2D eigenvalue weighted by atomic mass is 15.0. The van der Waals surface area contributed by atoms with Crippen LogP contribution in [0.1, 0.15) is 63.3 Å². The molecule has 0 radical (unpaired) electrons. The Hall–Kier alpha value is -0.760. The maximum atomic E-state index is 6.39. The monoisotopic (exact) mass is 272 g/mol. The smallest absolute Gasteiger partial charge is 0.0318 e. The third-order valence-corrected chi connectivity index (χ3v) is 6.25. The molecule has 110 valence electrons. The normalized spacial score (nSPS) is 38.1. The van der Waals surface area contributed by atoms with Crippen LogP contribution < -0.4 is 5.73 Å². The SMILES string of the molecule is CC1(C)Cc2c(ccn2CC2CC3CCC2C3)C(N)C1. The van der Waals surface area contributed by atoms with Gasteiger partial charge in [0.25, 0.3) is 0 Å². The van der Waals surface area contributed by atoms with Crippen molar-refractivity contribution >= 4 is 0 Å². The molecule has 20 heavy (non-hydrogen) atoms. The number of hydrogen-bond acceptors (Lipinski definition) is 1. The summed E-state index contributed by atoms with van der Waals surface area (Å²) in [5.41, 5.74) is 9.71. The maximum absolute atomic E-state index is 6.39. The van der Waals surface area contributed by atoms with Crippen molar-refractivity contribution in [2.75, 3.05) is 0 Å². The Morgan fingerprint density at radius 2 is 2.15 bits per heavy atom. The van der Waals surface area contributed by atoms with E-state index in [0.29, 0.717) is 5.41 Å². The summed E-state index contributed by atoms with van der Waals surface area (Å²) in [5, 5.41) is 0. The van der Waals surface area contributed by atoms with E-state index in [-0.39, 0.29) is 6.04 Å². The first-order valence-electron chi connectivity index (χ1n) is 8.45. The lowest BCUT2D eigenvalue weighted by Gasteiger charge is -2.35. The third-order valence-electron chi connectivity index (χ3n) is 6.25. The van der Waals surface area contributed by atoms with Crippen molar-refractivity contribution in [1.29, 1.82) is 0 Å². The lowest BCUT2D eigenvalue weighted by molar-refractivity contribution is 0.259. The predicted molar refractivity (Wildman–Crippen MR) is 82.4 cm³/mol. The van der Waals surface area contributed by atoms with Gasteiger partial charge in [0.2, 0.25) is 0 Å². The van der Waals surface area contributed by atoms with Crippen molar-refractivity contribution in [3.63, 3.8) is 0 Å². The highest BCUT2D eigenvalue weighted by molar-refractivity contribution is 5.30. The Kier molecular flexibility index (Phi) is 2.82. The van der Waals surface area contributed by atoms with Gasteiger partial charge in [-0.2, -0.15) is 0 Å². The van der Waals surface area contributed by atoms with Gasteiger partial charge in [-0.25, -0.2) is 0 Å². The van der Waals surface area contributed by atoms with Crippen molar-refractivity contribution in [2.24, 2.45) is 28.9 Å². The Balaban J connectivity index is 1.58. The minimum Gasteiger partial charge on any atom is -0.351 e. The quantitative estimate of drug-likeness (QED) is 0.870. The fourth-order valence-corrected chi connectivity index (χ4v) is 5.32. The van der Waals surface area contributed by atoms with E-state index in [1.165, 1.54) is 49.9 Å². The van der Waals surface area contributed by atoms with Crippen molar-refractivity contribution in [1.82, 2.24) is 4.57 Å². The number of nitrogens with two attached hydrogens (primary N) is 1. The fourth-order valence-electron chi connectivity index (χ4n) is 5.32. The van der Waals surface area contributed by atoms with Crippen LogP contribution in [0.4, 0.5) is 0 Å². The molecule has 4 rings (SSSR count). The molecular formula is C18H28N2. The van der Waals surface area contributed by atoms with Crippen molar-refractivity contribution in [3.05, 3.63) is 23.5 Å². The second-order valence-electron chi connectivity index (χ2n) is 8.46. The van der Waals surface area contributed by atoms with Crippen LogP contribution >= 0.6 is 0 Å². The molecule has 2 fully saturated rings. The average Bonchev–Trinajstić information content (AvgIpc) is 3.04. The van der Waals surface area contributed by atoms with Crippen LogP contribution in [0, 0.1) is 23.2 Å². The first kappa shape index (κ1) is 12.9. The summed E-state index contributed by atoms with van der Waals surface area (Å²) in [6.07, 6.45) is 10.6. The Morgan fingerprint density at radius 3 is 2.85 bits per heavy atom. The molecule has 0 aromatic carbocycles. The van der Waals surface area contributed by atoms with Crippen LogP contribution in [-0.4, -0.2) is 4.57 Å². The minimum atomic E-state index is 0.245. The van der Waals surface area contributed by atoms with Gasteiger partial charge < -0.3 is 10.3 Å². The number of rotatable bonds is 2. The van der Waals surface area contributed by atoms with Gasteiger partial charge in [0, 0.05) is 24.5 Å². The van der Waals surface area contributed by atoms with Crippen molar-refractivity contribution in [2.45, 2.75) is 65.0 Å². The van der Waals surface area contributed by atoms with E-state index in [1.807, 2.05) is 0 Å². The fraction of sp³-hybridized carbons (Fsp3) is 0.778. The summed E-state index contributed by atoms with van der Waals surface area (Å²) < 4.78 is 2.56. The van der Waals surface area contributed by atoms with E-state index in [0.717, 1.165) is 24.2 Å². The van der Waals surface area contributed by atoms with Gasteiger partial charge in [0.1, 0.15) is 0 Å². The zero-order valence-corrected chi connectivity index (χ0v) is 12.9. The molecule has 2 bridgehead atoms. The van der Waals surface area contributed by atoms with E-state index < -0.39 is 0 Å². The summed E-state index contributed by atoms with van der Waals surface area (Å²) in [6, 6.07) is 2.54. The third kappa shape index (κ3) is 2.04. The highest BCUT2D eigenvalue weighted by Gasteiger charge is 2.40. The molecule has 3 aliphatic rings. The van der Waals surface area contributed by atoms with E-state index in [9.17, 15) is 0 Å². The molecule has 1 aromatic rings. The molecule has 1 aromatic heterocycles.